The third-order valence-electron chi connectivity index (χ3n) is 1.49. The molecular formula is C8H7ClF6O2. The third kappa shape index (κ3) is 3.79. The summed E-state index contributed by atoms with van der Waals surface area (Å²) in [4.78, 5) is 10.6. The van der Waals surface area contributed by atoms with E-state index in [2.05, 4.69) is 16.3 Å². The van der Waals surface area contributed by atoms with Crippen molar-refractivity contribution in [2.45, 2.75) is 24.2 Å². The van der Waals surface area contributed by atoms with Crippen LogP contribution in [-0.4, -0.2) is 29.8 Å². The van der Waals surface area contributed by atoms with Crippen molar-refractivity contribution in [3.8, 4) is 0 Å². The Balaban J connectivity index is 4.97. The van der Waals surface area contributed by atoms with Crippen LogP contribution >= 0.6 is 11.6 Å². The minimum Gasteiger partial charge on any atom is -0.463 e. The Morgan fingerprint density at radius 1 is 1.24 bits per heavy atom. The number of esters is 1. The molecule has 0 aromatic heterocycles. The fraction of sp³-hybridized carbons (Fsp3) is 0.625. The van der Waals surface area contributed by atoms with Crippen molar-refractivity contribution in [2.75, 3.05) is 6.61 Å². The lowest BCUT2D eigenvalue weighted by Gasteiger charge is -2.26. The van der Waals surface area contributed by atoms with Gasteiger partial charge in [-0.2, -0.15) is 26.3 Å². The van der Waals surface area contributed by atoms with Crippen molar-refractivity contribution >= 4 is 17.6 Å². The molecule has 0 N–H and O–H groups in total. The molecule has 100 valence electrons. The highest BCUT2D eigenvalue weighted by Gasteiger charge is 2.70. The summed E-state index contributed by atoms with van der Waals surface area (Å²) in [6.07, 6.45) is -0.749. The van der Waals surface area contributed by atoms with E-state index in [1.807, 2.05) is 0 Å². The number of hydrogen-bond acceptors (Lipinski definition) is 2. The monoisotopic (exact) mass is 284 g/mol. The van der Waals surface area contributed by atoms with Crippen LogP contribution < -0.4 is 0 Å². The SMILES string of the molecule is CCOC(=O)/C=C\C(F)(F)C(F)(F)C(F)(F)Cl. The van der Waals surface area contributed by atoms with Crippen molar-refractivity contribution in [3.05, 3.63) is 12.2 Å². The summed E-state index contributed by atoms with van der Waals surface area (Å²) in [6.45, 7) is 1.15. The van der Waals surface area contributed by atoms with Crippen LogP contribution in [0.4, 0.5) is 26.3 Å². The molecule has 0 atom stereocenters. The van der Waals surface area contributed by atoms with E-state index in [0.29, 0.717) is 0 Å². The van der Waals surface area contributed by atoms with Gasteiger partial charge in [0.25, 0.3) is 0 Å². The van der Waals surface area contributed by atoms with Gasteiger partial charge < -0.3 is 4.74 Å². The van der Waals surface area contributed by atoms with E-state index in [1.54, 1.807) is 0 Å². The first-order chi connectivity index (χ1) is 7.45. The Labute approximate surface area is 97.2 Å². The van der Waals surface area contributed by atoms with E-state index in [1.165, 1.54) is 6.92 Å². The lowest BCUT2D eigenvalue weighted by atomic mass is 10.1. The first-order valence-corrected chi connectivity index (χ1v) is 4.52. The van der Waals surface area contributed by atoms with Gasteiger partial charge in [-0.15, -0.1) is 0 Å². The fourth-order valence-electron chi connectivity index (χ4n) is 0.657. The highest BCUT2D eigenvalue weighted by molar-refractivity contribution is 6.22. The van der Waals surface area contributed by atoms with E-state index in [-0.39, 0.29) is 12.7 Å². The molecule has 0 saturated heterocycles. The van der Waals surface area contributed by atoms with Crippen molar-refractivity contribution in [1.82, 2.24) is 0 Å². The largest absolute Gasteiger partial charge is 0.463 e. The van der Waals surface area contributed by atoms with Crippen LogP contribution in [0.15, 0.2) is 12.2 Å². The molecule has 0 spiro atoms. The van der Waals surface area contributed by atoms with Crippen molar-refractivity contribution < 1.29 is 35.9 Å². The molecule has 0 radical (unpaired) electrons. The quantitative estimate of drug-likeness (QED) is 0.335. The van der Waals surface area contributed by atoms with Crippen LogP contribution in [0.1, 0.15) is 6.92 Å². The minimum atomic E-state index is -5.83. The second-order valence-corrected chi connectivity index (χ2v) is 3.26. The number of rotatable bonds is 5. The second-order valence-electron chi connectivity index (χ2n) is 2.78. The number of alkyl halides is 7. The van der Waals surface area contributed by atoms with Crippen molar-refractivity contribution in [2.24, 2.45) is 0 Å². The van der Waals surface area contributed by atoms with Gasteiger partial charge in [-0.05, 0) is 24.6 Å². The van der Waals surface area contributed by atoms with Crippen LogP contribution in [0.5, 0.6) is 0 Å². The highest BCUT2D eigenvalue weighted by Crippen LogP contribution is 2.48. The number of allylic oxidation sites excluding steroid dienone is 1. The van der Waals surface area contributed by atoms with Gasteiger partial charge >= 0.3 is 23.2 Å². The van der Waals surface area contributed by atoms with Crippen LogP contribution in [-0.2, 0) is 9.53 Å². The number of halogens is 7. The predicted molar refractivity (Wildman–Crippen MR) is 46.5 cm³/mol. The smallest absolute Gasteiger partial charge is 0.390 e. The van der Waals surface area contributed by atoms with E-state index in [9.17, 15) is 31.1 Å². The molecule has 0 heterocycles. The Morgan fingerprint density at radius 3 is 2.06 bits per heavy atom. The summed E-state index contributed by atoms with van der Waals surface area (Å²) < 4.78 is 78.6. The summed E-state index contributed by atoms with van der Waals surface area (Å²) in [6, 6.07) is 0. The molecule has 0 aliphatic carbocycles. The zero-order valence-electron chi connectivity index (χ0n) is 8.32. The Bertz CT molecular complexity index is 310. The summed E-state index contributed by atoms with van der Waals surface area (Å²) >= 11 is 3.87. The minimum absolute atomic E-state index is 0.0694. The molecule has 0 aromatic rings. The molecule has 0 saturated carbocycles. The number of hydrogen-bond donors (Lipinski definition) is 0. The van der Waals surface area contributed by atoms with E-state index >= 15 is 0 Å². The van der Waals surface area contributed by atoms with Crippen LogP contribution in [0, 0.1) is 0 Å². The molecule has 0 fully saturated rings. The van der Waals surface area contributed by atoms with Gasteiger partial charge in [-0.1, -0.05) is 0 Å². The number of carbonyl (C=O) groups is 1. The maximum absolute atomic E-state index is 12.7. The van der Waals surface area contributed by atoms with Crippen molar-refractivity contribution in [3.63, 3.8) is 0 Å². The third-order valence-corrected chi connectivity index (χ3v) is 1.73. The lowest BCUT2D eigenvalue weighted by Crippen LogP contribution is -2.50. The molecule has 0 aliphatic rings. The number of ether oxygens (including phenoxy) is 1. The average molecular weight is 285 g/mol. The normalized spacial score (nSPS) is 14.1. The zero-order chi connectivity index (χ0) is 13.9. The van der Waals surface area contributed by atoms with Gasteiger partial charge in [0.15, 0.2) is 0 Å². The lowest BCUT2D eigenvalue weighted by molar-refractivity contribution is -0.259. The van der Waals surface area contributed by atoms with Gasteiger partial charge in [-0.3, -0.25) is 0 Å². The average Bonchev–Trinajstić information content (AvgIpc) is 2.13. The summed E-state index contributed by atoms with van der Waals surface area (Å²) in [5.41, 5.74) is 0. The topological polar surface area (TPSA) is 26.3 Å². The van der Waals surface area contributed by atoms with Gasteiger partial charge in [0, 0.05) is 6.08 Å². The second kappa shape index (κ2) is 5.16. The molecule has 2 nitrogen and oxygen atoms in total. The van der Waals surface area contributed by atoms with E-state index in [0.717, 1.165) is 0 Å². The van der Waals surface area contributed by atoms with Gasteiger partial charge in [0.1, 0.15) is 0 Å². The maximum atomic E-state index is 12.7. The number of carbonyl (C=O) groups excluding carboxylic acids is 1. The van der Waals surface area contributed by atoms with Gasteiger partial charge in [0.2, 0.25) is 0 Å². The molecule has 9 heteroatoms. The van der Waals surface area contributed by atoms with Crippen LogP contribution in [0.2, 0.25) is 0 Å². The fourth-order valence-corrected chi connectivity index (χ4v) is 0.783. The maximum Gasteiger partial charge on any atom is 0.390 e. The predicted octanol–water partition coefficient (Wildman–Crippen LogP) is 3.21. The molecule has 0 aromatic carbocycles. The standard InChI is InChI=1S/C8H7ClF6O2/c1-2-17-5(16)3-4-6(10,11)7(12,13)8(9,14)15/h3-4H,2H2,1H3/b4-3-. The summed E-state index contributed by atoms with van der Waals surface area (Å²) in [5, 5.41) is -5.45. The molecular weight excluding hydrogens is 278 g/mol. The first kappa shape index (κ1) is 16.1. The molecule has 0 unspecified atom stereocenters. The Kier molecular flexibility index (Phi) is 4.88. The Hall–Kier alpha value is -0.920. The zero-order valence-corrected chi connectivity index (χ0v) is 9.08. The van der Waals surface area contributed by atoms with Crippen LogP contribution in [0.25, 0.3) is 0 Å². The molecule has 0 aliphatic heterocycles. The van der Waals surface area contributed by atoms with Gasteiger partial charge in [-0.25, -0.2) is 4.79 Å². The molecule has 0 bridgehead atoms. The molecule has 17 heavy (non-hydrogen) atoms. The van der Waals surface area contributed by atoms with Crippen LogP contribution in [0.3, 0.4) is 0 Å². The van der Waals surface area contributed by atoms with E-state index < -0.39 is 29.3 Å². The molecule has 0 rings (SSSR count). The van der Waals surface area contributed by atoms with E-state index in [4.69, 9.17) is 0 Å². The van der Waals surface area contributed by atoms with Gasteiger partial charge in [0.05, 0.1) is 6.61 Å². The summed E-state index contributed by atoms with van der Waals surface area (Å²) in [5.74, 6) is -12.5. The Morgan fingerprint density at radius 2 is 1.71 bits per heavy atom. The van der Waals surface area contributed by atoms with Crippen molar-refractivity contribution in [1.29, 1.82) is 0 Å². The highest BCUT2D eigenvalue weighted by atomic mass is 35.5. The first-order valence-electron chi connectivity index (χ1n) is 4.14. The molecule has 0 amide bonds. The summed E-state index contributed by atoms with van der Waals surface area (Å²) in [7, 11) is 0.